The molecule has 3 rings (SSSR count). The van der Waals surface area contributed by atoms with E-state index in [2.05, 4.69) is 15.3 Å². The average molecular weight is 336 g/mol. The highest BCUT2D eigenvalue weighted by molar-refractivity contribution is 7.09. The minimum absolute atomic E-state index is 0.0846. The standard InChI is InChI=1S/C16H18ClN3OS/c1-12-11-22-15(18-12)10-19-6-8-20(9-7-19)16(21)13-2-4-14(17)5-3-13/h2-5,11H,6-10H2,1H3. The van der Waals surface area contributed by atoms with E-state index in [0.717, 1.165) is 43.4 Å². The lowest BCUT2D eigenvalue weighted by Gasteiger charge is -2.34. The fourth-order valence-corrected chi connectivity index (χ4v) is 3.49. The Morgan fingerprint density at radius 3 is 2.50 bits per heavy atom. The number of carbonyl (C=O) groups excluding carboxylic acids is 1. The lowest BCUT2D eigenvalue weighted by Crippen LogP contribution is -2.48. The van der Waals surface area contributed by atoms with Crippen molar-refractivity contribution >= 4 is 28.8 Å². The Kier molecular flexibility index (Phi) is 4.76. The molecule has 0 saturated carbocycles. The van der Waals surface area contributed by atoms with Crippen molar-refractivity contribution in [2.75, 3.05) is 26.2 Å². The Labute approximate surface area is 139 Å². The molecule has 1 aliphatic heterocycles. The van der Waals surface area contributed by atoms with E-state index in [4.69, 9.17) is 11.6 Å². The molecule has 0 unspecified atom stereocenters. The maximum absolute atomic E-state index is 12.4. The molecule has 0 atom stereocenters. The Morgan fingerprint density at radius 1 is 1.23 bits per heavy atom. The van der Waals surface area contributed by atoms with Crippen molar-refractivity contribution in [3.63, 3.8) is 0 Å². The van der Waals surface area contributed by atoms with Gasteiger partial charge in [-0.1, -0.05) is 11.6 Å². The molecule has 0 aliphatic carbocycles. The Hall–Kier alpha value is -1.43. The van der Waals surface area contributed by atoms with Crippen molar-refractivity contribution in [2.45, 2.75) is 13.5 Å². The third kappa shape index (κ3) is 3.66. The van der Waals surface area contributed by atoms with E-state index in [1.54, 1.807) is 35.6 Å². The van der Waals surface area contributed by atoms with Gasteiger partial charge in [-0.25, -0.2) is 4.98 Å². The van der Waals surface area contributed by atoms with Gasteiger partial charge >= 0.3 is 0 Å². The summed E-state index contributed by atoms with van der Waals surface area (Å²) in [6.45, 7) is 6.18. The first-order valence-corrected chi connectivity index (χ1v) is 8.56. The van der Waals surface area contributed by atoms with Crippen LogP contribution in [-0.4, -0.2) is 46.9 Å². The highest BCUT2D eigenvalue weighted by atomic mass is 35.5. The smallest absolute Gasteiger partial charge is 0.253 e. The average Bonchev–Trinajstić information content (AvgIpc) is 2.93. The van der Waals surface area contributed by atoms with Crippen LogP contribution in [0.3, 0.4) is 0 Å². The molecule has 116 valence electrons. The number of aromatic nitrogens is 1. The number of nitrogens with zero attached hydrogens (tertiary/aromatic N) is 3. The molecule has 0 N–H and O–H groups in total. The summed E-state index contributed by atoms with van der Waals surface area (Å²) in [5.41, 5.74) is 1.78. The van der Waals surface area contributed by atoms with E-state index in [1.807, 2.05) is 11.8 Å². The first-order valence-electron chi connectivity index (χ1n) is 7.30. The number of benzene rings is 1. The van der Waals surface area contributed by atoms with Gasteiger partial charge < -0.3 is 4.90 Å². The summed E-state index contributed by atoms with van der Waals surface area (Å²) in [6.07, 6.45) is 0. The molecule has 0 spiro atoms. The molecule has 1 aliphatic rings. The van der Waals surface area contributed by atoms with Crippen LogP contribution in [0.5, 0.6) is 0 Å². The molecular weight excluding hydrogens is 318 g/mol. The number of hydrogen-bond donors (Lipinski definition) is 0. The zero-order valence-electron chi connectivity index (χ0n) is 12.5. The minimum Gasteiger partial charge on any atom is -0.336 e. The van der Waals surface area contributed by atoms with Crippen molar-refractivity contribution < 1.29 is 4.79 Å². The van der Waals surface area contributed by atoms with Crippen LogP contribution in [-0.2, 0) is 6.54 Å². The number of carbonyl (C=O) groups is 1. The van der Waals surface area contributed by atoms with Crippen molar-refractivity contribution in [2.24, 2.45) is 0 Å². The van der Waals surface area contributed by atoms with Gasteiger partial charge in [0.15, 0.2) is 0 Å². The van der Waals surface area contributed by atoms with Crippen molar-refractivity contribution in [3.8, 4) is 0 Å². The van der Waals surface area contributed by atoms with Gasteiger partial charge in [0.1, 0.15) is 5.01 Å². The largest absolute Gasteiger partial charge is 0.336 e. The summed E-state index contributed by atoms with van der Waals surface area (Å²) >= 11 is 7.57. The molecule has 22 heavy (non-hydrogen) atoms. The van der Waals surface area contributed by atoms with Crippen LogP contribution in [0.2, 0.25) is 5.02 Å². The van der Waals surface area contributed by atoms with E-state index < -0.39 is 0 Å². The zero-order valence-corrected chi connectivity index (χ0v) is 14.0. The Morgan fingerprint density at radius 2 is 1.91 bits per heavy atom. The molecule has 0 bridgehead atoms. The van der Waals surface area contributed by atoms with E-state index >= 15 is 0 Å². The second-order valence-corrected chi connectivity index (χ2v) is 6.84. The summed E-state index contributed by atoms with van der Waals surface area (Å²) in [6, 6.07) is 7.09. The number of piperazine rings is 1. The van der Waals surface area contributed by atoms with Gasteiger partial charge in [0.2, 0.25) is 0 Å². The van der Waals surface area contributed by atoms with E-state index in [9.17, 15) is 4.79 Å². The van der Waals surface area contributed by atoms with Crippen LogP contribution < -0.4 is 0 Å². The van der Waals surface area contributed by atoms with Crippen molar-refractivity contribution in [3.05, 3.63) is 50.9 Å². The maximum atomic E-state index is 12.4. The number of aryl methyl sites for hydroxylation is 1. The lowest BCUT2D eigenvalue weighted by atomic mass is 10.2. The fraction of sp³-hybridized carbons (Fsp3) is 0.375. The van der Waals surface area contributed by atoms with Crippen LogP contribution >= 0.6 is 22.9 Å². The van der Waals surface area contributed by atoms with Gasteiger partial charge in [-0.15, -0.1) is 11.3 Å². The summed E-state index contributed by atoms with van der Waals surface area (Å²) < 4.78 is 0. The van der Waals surface area contributed by atoms with Gasteiger partial charge in [-0.2, -0.15) is 0 Å². The predicted octanol–water partition coefficient (Wildman–Crippen LogP) is 3.06. The van der Waals surface area contributed by atoms with E-state index in [0.29, 0.717) is 10.6 Å². The van der Waals surface area contributed by atoms with Crippen LogP contribution in [0.4, 0.5) is 0 Å². The van der Waals surface area contributed by atoms with Crippen molar-refractivity contribution in [1.82, 2.24) is 14.8 Å². The van der Waals surface area contributed by atoms with Crippen molar-refractivity contribution in [1.29, 1.82) is 0 Å². The predicted molar refractivity (Wildman–Crippen MR) is 89.5 cm³/mol. The molecule has 2 aromatic rings. The van der Waals surface area contributed by atoms with Crippen LogP contribution in [0, 0.1) is 6.92 Å². The molecule has 4 nitrogen and oxygen atoms in total. The first kappa shape index (κ1) is 15.5. The Balaban J connectivity index is 1.55. The topological polar surface area (TPSA) is 36.4 Å². The van der Waals surface area contributed by atoms with Gasteiger partial charge in [-0.05, 0) is 31.2 Å². The number of rotatable bonds is 3. The van der Waals surface area contributed by atoms with E-state index in [-0.39, 0.29) is 5.91 Å². The highest BCUT2D eigenvalue weighted by Crippen LogP contribution is 2.15. The molecule has 1 aromatic heterocycles. The monoisotopic (exact) mass is 335 g/mol. The highest BCUT2D eigenvalue weighted by Gasteiger charge is 2.22. The molecule has 1 saturated heterocycles. The summed E-state index contributed by atoms with van der Waals surface area (Å²) in [7, 11) is 0. The van der Waals surface area contributed by atoms with Crippen LogP contribution in [0.15, 0.2) is 29.6 Å². The normalized spacial score (nSPS) is 16.0. The summed E-state index contributed by atoms with van der Waals surface area (Å²) in [5, 5.41) is 3.88. The molecule has 1 fully saturated rings. The van der Waals surface area contributed by atoms with Gasteiger partial charge in [0, 0.05) is 47.8 Å². The molecule has 1 aromatic carbocycles. The number of amides is 1. The SMILES string of the molecule is Cc1csc(CN2CCN(C(=O)c3ccc(Cl)cc3)CC2)n1. The second-order valence-electron chi connectivity index (χ2n) is 5.46. The maximum Gasteiger partial charge on any atom is 0.253 e. The van der Waals surface area contributed by atoms with Gasteiger partial charge in [0.25, 0.3) is 5.91 Å². The summed E-state index contributed by atoms with van der Waals surface area (Å²) in [4.78, 5) is 21.2. The third-order valence-electron chi connectivity index (χ3n) is 3.78. The van der Waals surface area contributed by atoms with Crippen LogP contribution in [0.25, 0.3) is 0 Å². The number of thiazole rings is 1. The molecule has 0 radical (unpaired) electrons. The zero-order chi connectivity index (χ0) is 15.5. The molecule has 1 amide bonds. The third-order valence-corrected chi connectivity index (χ3v) is 4.98. The molecular formula is C16H18ClN3OS. The van der Waals surface area contributed by atoms with Gasteiger partial charge in [-0.3, -0.25) is 9.69 Å². The first-order chi connectivity index (χ1) is 10.6. The second kappa shape index (κ2) is 6.77. The number of halogens is 1. The Bertz CT molecular complexity index is 648. The van der Waals surface area contributed by atoms with Gasteiger partial charge in [0.05, 0.1) is 6.54 Å². The van der Waals surface area contributed by atoms with Crippen LogP contribution in [0.1, 0.15) is 21.1 Å². The molecule has 2 heterocycles. The quantitative estimate of drug-likeness (QED) is 0.865. The number of hydrogen-bond acceptors (Lipinski definition) is 4. The lowest BCUT2D eigenvalue weighted by molar-refractivity contribution is 0.0628. The fourth-order valence-electron chi connectivity index (χ4n) is 2.55. The summed E-state index contributed by atoms with van der Waals surface area (Å²) in [5.74, 6) is 0.0846. The minimum atomic E-state index is 0.0846. The van der Waals surface area contributed by atoms with E-state index in [1.165, 1.54) is 0 Å². The molecule has 6 heteroatoms.